The van der Waals surface area contributed by atoms with E-state index >= 15 is 0 Å². The topological polar surface area (TPSA) is 78.4 Å². The first-order chi connectivity index (χ1) is 10.1. The second-order valence-corrected chi connectivity index (χ2v) is 5.63. The van der Waals surface area contributed by atoms with Crippen molar-refractivity contribution in [2.75, 3.05) is 11.9 Å². The van der Waals surface area contributed by atoms with Crippen molar-refractivity contribution in [3.05, 3.63) is 29.8 Å². The molecular formula is C16H22N2O3. The van der Waals surface area contributed by atoms with Gasteiger partial charge in [0, 0.05) is 30.8 Å². The summed E-state index contributed by atoms with van der Waals surface area (Å²) in [4.78, 5) is 23.1. The molecule has 1 fully saturated rings. The van der Waals surface area contributed by atoms with Crippen LogP contribution < -0.4 is 10.6 Å². The molecule has 5 heteroatoms. The minimum absolute atomic E-state index is 0.0863. The van der Waals surface area contributed by atoms with Crippen molar-refractivity contribution in [2.45, 2.75) is 38.6 Å². The highest BCUT2D eigenvalue weighted by atomic mass is 16.3. The van der Waals surface area contributed by atoms with E-state index in [4.69, 9.17) is 5.11 Å². The van der Waals surface area contributed by atoms with Gasteiger partial charge in [-0.1, -0.05) is 0 Å². The molecule has 0 atom stereocenters. The number of hydrogen-bond acceptors (Lipinski definition) is 3. The fourth-order valence-electron chi connectivity index (χ4n) is 2.67. The molecule has 0 radical (unpaired) electrons. The van der Waals surface area contributed by atoms with Gasteiger partial charge in [0.25, 0.3) is 5.91 Å². The zero-order valence-electron chi connectivity index (χ0n) is 12.3. The summed E-state index contributed by atoms with van der Waals surface area (Å²) in [7, 11) is 0. The van der Waals surface area contributed by atoms with E-state index in [0.717, 1.165) is 25.7 Å². The average molecular weight is 290 g/mol. The van der Waals surface area contributed by atoms with Gasteiger partial charge < -0.3 is 15.7 Å². The number of aliphatic hydroxyl groups excluding tert-OH is 1. The molecule has 114 valence electrons. The Labute approximate surface area is 124 Å². The van der Waals surface area contributed by atoms with Crippen molar-refractivity contribution in [3.8, 4) is 0 Å². The van der Waals surface area contributed by atoms with Crippen molar-refractivity contribution in [2.24, 2.45) is 5.92 Å². The maximum absolute atomic E-state index is 12.1. The molecule has 2 rings (SSSR count). The molecule has 1 aromatic rings. The molecule has 0 aliphatic heterocycles. The van der Waals surface area contributed by atoms with Gasteiger partial charge in [-0.05, 0) is 55.9 Å². The highest BCUT2D eigenvalue weighted by molar-refractivity contribution is 5.95. The lowest BCUT2D eigenvalue weighted by atomic mass is 9.86. The van der Waals surface area contributed by atoms with E-state index < -0.39 is 0 Å². The number of aliphatic hydroxyl groups is 1. The van der Waals surface area contributed by atoms with Crippen LogP contribution in [-0.2, 0) is 4.79 Å². The summed E-state index contributed by atoms with van der Waals surface area (Å²) in [5.41, 5.74) is 1.27. The van der Waals surface area contributed by atoms with Crippen molar-refractivity contribution < 1.29 is 14.7 Å². The van der Waals surface area contributed by atoms with Crippen LogP contribution in [-0.4, -0.2) is 29.6 Å². The lowest BCUT2D eigenvalue weighted by Gasteiger charge is -2.27. The zero-order valence-corrected chi connectivity index (χ0v) is 12.3. The van der Waals surface area contributed by atoms with Crippen LogP contribution in [0.1, 0.15) is 43.0 Å². The van der Waals surface area contributed by atoms with Gasteiger partial charge in [-0.2, -0.15) is 0 Å². The summed E-state index contributed by atoms with van der Waals surface area (Å²) in [5, 5.41) is 14.8. The van der Waals surface area contributed by atoms with E-state index in [2.05, 4.69) is 10.6 Å². The fraction of sp³-hybridized carbons (Fsp3) is 0.500. The van der Waals surface area contributed by atoms with Crippen LogP contribution in [0.25, 0.3) is 0 Å². The Bertz CT molecular complexity index is 491. The van der Waals surface area contributed by atoms with Gasteiger partial charge in [-0.3, -0.25) is 9.59 Å². The molecule has 1 aromatic carbocycles. The van der Waals surface area contributed by atoms with Crippen LogP contribution in [0.5, 0.6) is 0 Å². The quantitative estimate of drug-likeness (QED) is 0.793. The van der Waals surface area contributed by atoms with Gasteiger partial charge in [0.1, 0.15) is 0 Å². The Morgan fingerprint density at radius 1 is 1.14 bits per heavy atom. The maximum Gasteiger partial charge on any atom is 0.251 e. The first kappa shape index (κ1) is 15.5. The normalized spacial score (nSPS) is 21.6. The predicted octanol–water partition coefficient (Wildman–Crippen LogP) is 1.93. The second kappa shape index (κ2) is 7.22. The SMILES string of the molecule is CC(=O)Nc1ccc(C(=O)NC2CCC(CO)CC2)cc1. The number of benzene rings is 1. The van der Waals surface area contributed by atoms with Gasteiger partial charge in [0.15, 0.2) is 0 Å². The van der Waals surface area contributed by atoms with E-state index in [-0.39, 0.29) is 24.5 Å². The van der Waals surface area contributed by atoms with Gasteiger partial charge >= 0.3 is 0 Å². The summed E-state index contributed by atoms with van der Waals surface area (Å²) in [6, 6.07) is 7.05. The predicted molar refractivity (Wildman–Crippen MR) is 81.0 cm³/mol. The van der Waals surface area contributed by atoms with E-state index in [1.807, 2.05) is 0 Å². The Balaban J connectivity index is 1.87. The Morgan fingerprint density at radius 3 is 2.29 bits per heavy atom. The summed E-state index contributed by atoms with van der Waals surface area (Å²) in [6.07, 6.45) is 3.76. The number of hydrogen-bond donors (Lipinski definition) is 3. The van der Waals surface area contributed by atoms with E-state index in [0.29, 0.717) is 17.2 Å². The summed E-state index contributed by atoms with van der Waals surface area (Å²) < 4.78 is 0. The summed E-state index contributed by atoms with van der Waals surface area (Å²) in [5.74, 6) is 0.166. The Hall–Kier alpha value is -1.88. The van der Waals surface area contributed by atoms with Crippen LogP contribution in [0.2, 0.25) is 0 Å². The molecular weight excluding hydrogens is 268 g/mol. The van der Waals surface area contributed by atoms with Crippen LogP contribution in [0.15, 0.2) is 24.3 Å². The standard InChI is InChI=1S/C16H22N2O3/c1-11(20)17-14-8-4-13(5-9-14)16(21)18-15-6-2-12(10-19)3-7-15/h4-5,8-9,12,15,19H,2-3,6-7,10H2,1H3,(H,17,20)(H,18,21). The van der Waals surface area contributed by atoms with Crippen molar-refractivity contribution in [3.63, 3.8) is 0 Å². The van der Waals surface area contributed by atoms with Gasteiger partial charge in [-0.15, -0.1) is 0 Å². The number of nitrogens with one attached hydrogen (secondary N) is 2. The molecule has 0 bridgehead atoms. The monoisotopic (exact) mass is 290 g/mol. The smallest absolute Gasteiger partial charge is 0.251 e. The van der Waals surface area contributed by atoms with Gasteiger partial charge in [0.2, 0.25) is 5.91 Å². The third-order valence-electron chi connectivity index (χ3n) is 3.91. The largest absolute Gasteiger partial charge is 0.396 e. The Kier molecular flexibility index (Phi) is 5.33. The number of carbonyl (C=O) groups is 2. The first-order valence-corrected chi connectivity index (χ1v) is 7.38. The highest BCUT2D eigenvalue weighted by Gasteiger charge is 2.22. The third-order valence-corrected chi connectivity index (χ3v) is 3.91. The average Bonchev–Trinajstić information content (AvgIpc) is 2.48. The van der Waals surface area contributed by atoms with Crippen LogP contribution in [0.4, 0.5) is 5.69 Å². The first-order valence-electron chi connectivity index (χ1n) is 7.38. The molecule has 0 unspecified atom stereocenters. The van der Waals surface area contributed by atoms with E-state index in [1.54, 1.807) is 24.3 Å². The minimum atomic E-state index is -0.132. The van der Waals surface area contributed by atoms with Crippen molar-refractivity contribution >= 4 is 17.5 Å². The lowest BCUT2D eigenvalue weighted by molar-refractivity contribution is -0.114. The molecule has 21 heavy (non-hydrogen) atoms. The van der Waals surface area contributed by atoms with Crippen LogP contribution in [0, 0.1) is 5.92 Å². The summed E-state index contributed by atoms with van der Waals surface area (Å²) >= 11 is 0. The molecule has 0 spiro atoms. The number of carbonyl (C=O) groups excluding carboxylic acids is 2. The Morgan fingerprint density at radius 2 is 1.76 bits per heavy atom. The van der Waals surface area contributed by atoms with Gasteiger partial charge in [0.05, 0.1) is 0 Å². The molecule has 1 aliphatic carbocycles. The molecule has 0 aromatic heterocycles. The molecule has 2 amide bonds. The molecule has 1 aliphatic rings. The van der Waals surface area contributed by atoms with Crippen LogP contribution >= 0.6 is 0 Å². The molecule has 1 saturated carbocycles. The lowest BCUT2D eigenvalue weighted by Crippen LogP contribution is -2.38. The van der Waals surface area contributed by atoms with Crippen molar-refractivity contribution in [1.29, 1.82) is 0 Å². The number of anilines is 1. The van der Waals surface area contributed by atoms with E-state index in [9.17, 15) is 9.59 Å². The van der Waals surface area contributed by atoms with Crippen LogP contribution in [0.3, 0.4) is 0 Å². The highest BCUT2D eigenvalue weighted by Crippen LogP contribution is 2.24. The minimum Gasteiger partial charge on any atom is -0.396 e. The second-order valence-electron chi connectivity index (χ2n) is 5.63. The molecule has 0 heterocycles. The zero-order chi connectivity index (χ0) is 15.2. The summed E-state index contributed by atoms with van der Waals surface area (Å²) in [6.45, 7) is 1.69. The number of amides is 2. The van der Waals surface area contributed by atoms with E-state index in [1.165, 1.54) is 6.92 Å². The fourth-order valence-corrected chi connectivity index (χ4v) is 2.67. The van der Waals surface area contributed by atoms with Crippen molar-refractivity contribution in [1.82, 2.24) is 5.32 Å². The van der Waals surface area contributed by atoms with Gasteiger partial charge in [-0.25, -0.2) is 0 Å². The third kappa shape index (κ3) is 4.56. The molecule has 3 N–H and O–H groups in total. The number of rotatable bonds is 4. The molecule has 5 nitrogen and oxygen atoms in total. The molecule has 0 saturated heterocycles. The maximum atomic E-state index is 12.1.